The van der Waals surface area contributed by atoms with Crippen LogP contribution in [0.2, 0.25) is 5.02 Å². The molecule has 1 aromatic carbocycles. The number of fused-ring (bicyclic) bond motifs is 2. The molecule has 2 aliphatic heterocycles. The van der Waals surface area contributed by atoms with Gasteiger partial charge in [0, 0.05) is 58.3 Å². The number of likely N-dealkylation sites (tertiary alicyclic amines) is 2. The van der Waals surface area contributed by atoms with Crippen molar-refractivity contribution in [1.82, 2.24) is 14.8 Å². The van der Waals surface area contributed by atoms with E-state index in [-0.39, 0.29) is 11.8 Å². The topological polar surface area (TPSA) is 73.7 Å². The lowest BCUT2D eigenvalue weighted by Crippen LogP contribution is -2.40. The summed E-state index contributed by atoms with van der Waals surface area (Å²) in [5.41, 5.74) is 6.00. The third-order valence-electron chi connectivity index (χ3n) is 7.74. The number of hydrogen-bond acceptors (Lipinski definition) is 3. The van der Waals surface area contributed by atoms with E-state index in [0.717, 1.165) is 50.9 Å². The number of piperidine rings is 2. The second-order valence-corrected chi connectivity index (χ2v) is 12.1. The number of aryl methyl sites for hydroxylation is 2. The molecular weight excluding hydrogens is 610 g/mol. The van der Waals surface area contributed by atoms with Crippen LogP contribution in [0.25, 0.3) is 0 Å². The van der Waals surface area contributed by atoms with Crippen LogP contribution in [0, 0.1) is 5.92 Å². The van der Waals surface area contributed by atoms with Crippen molar-refractivity contribution in [1.29, 1.82) is 0 Å². The summed E-state index contributed by atoms with van der Waals surface area (Å²) in [5.74, 6) is 0.555. The molecular formula is C27H28Br2ClN3O3. The largest absolute Gasteiger partial charge is 0.465 e. The summed E-state index contributed by atoms with van der Waals surface area (Å²) in [6.45, 7) is 2.33. The summed E-state index contributed by atoms with van der Waals surface area (Å²) in [7, 11) is 0. The van der Waals surface area contributed by atoms with Crippen molar-refractivity contribution < 1.29 is 14.7 Å². The highest BCUT2D eigenvalue weighted by Crippen LogP contribution is 2.46. The van der Waals surface area contributed by atoms with E-state index in [1.54, 1.807) is 6.08 Å². The third kappa shape index (κ3) is 5.36. The number of nitrogens with zero attached hydrogens (tertiary/aromatic N) is 3. The molecule has 3 heterocycles. The van der Waals surface area contributed by atoms with Crippen molar-refractivity contribution in [3.63, 3.8) is 0 Å². The summed E-state index contributed by atoms with van der Waals surface area (Å²) in [4.78, 5) is 32.4. The quantitative estimate of drug-likeness (QED) is 0.386. The van der Waals surface area contributed by atoms with Crippen LogP contribution >= 0.6 is 43.5 Å². The maximum Gasteiger partial charge on any atom is 0.407 e. The number of carbonyl (C=O) groups is 2. The van der Waals surface area contributed by atoms with Gasteiger partial charge in [-0.1, -0.05) is 33.1 Å². The monoisotopic (exact) mass is 635 g/mol. The van der Waals surface area contributed by atoms with Gasteiger partial charge in [0.2, 0.25) is 5.91 Å². The van der Waals surface area contributed by atoms with Crippen LogP contribution in [0.5, 0.6) is 0 Å². The Hall–Kier alpha value is -1.90. The lowest BCUT2D eigenvalue weighted by molar-refractivity contribution is -0.127. The fourth-order valence-electron chi connectivity index (χ4n) is 5.88. The number of aromatic nitrogens is 1. The van der Waals surface area contributed by atoms with E-state index < -0.39 is 6.09 Å². The minimum Gasteiger partial charge on any atom is -0.465 e. The van der Waals surface area contributed by atoms with E-state index in [0.29, 0.717) is 44.9 Å². The summed E-state index contributed by atoms with van der Waals surface area (Å²) < 4.78 is 2.02. The van der Waals surface area contributed by atoms with E-state index >= 15 is 0 Å². The minimum atomic E-state index is -0.889. The Morgan fingerprint density at radius 2 is 1.67 bits per heavy atom. The first-order valence-electron chi connectivity index (χ1n) is 12.4. The molecule has 6 nitrogen and oxygen atoms in total. The molecule has 3 aliphatic rings. The maximum absolute atomic E-state index is 13.0. The van der Waals surface area contributed by atoms with Crippen molar-refractivity contribution in [3.8, 4) is 0 Å². The first-order valence-corrected chi connectivity index (χ1v) is 14.3. The van der Waals surface area contributed by atoms with Gasteiger partial charge in [-0.25, -0.2) is 4.79 Å². The number of carbonyl (C=O) groups excluding carboxylic acids is 1. The Labute approximate surface area is 233 Å². The predicted octanol–water partition coefficient (Wildman–Crippen LogP) is 6.43. The Bertz CT molecular complexity index is 1220. The molecule has 1 N–H and O–H groups in total. The van der Waals surface area contributed by atoms with Gasteiger partial charge in [0.15, 0.2) is 0 Å². The average molecular weight is 638 g/mol. The molecule has 1 aromatic heterocycles. The molecule has 0 bridgehead atoms. The lowest BCUT2D eigenvalue weighted by atomic mass is 9.76. The normalized spacial score (nSPS) is 20.4. The van der Waals surface area contributed by atoms with Crippen LogP contribution in [-0.4, -0.2) is 58.1 Å². The number of hydrogen-bond donors (Lipinski definition) is 1. The molecule has 190 valence electrons. The van der Waals surface area contributed by atoms with Gasteiger partial charge in [-0.2, -0.15) is 0 Å². The zero-order valence-corrected chi connectivity index (χ0v) is 23.8. The van der Waals surface area contributed by atoms with Crippen molar-refractivity contribution >= 4 is 55.5 Å². The highest BCUT2D eigenvalue weighted by atomic mass is 79.9. The Balaban J connectivity index is 1.34. The van der Waals surface area contributed by atoms with Gasteiger partial charge in [-0.3, -0.25) is 9.78 Å². The van der Waals surface area contributed by atoms with Crippen molar-refractivity contribution in [2.45, 2.75) is 44.4 Å². The highest BCUT2D eigenvalue weighted by Gasteiger charge is 2.36. The van der Waals surface area contributed by atoms with Crippen molar-refractivity contribution in [2.75, 3.05) is 26.2 Å². The summed E-state index contributed by atoms with van der Waals surface area (Å²) in [6.07, 6.45) is 7.64. The zero-order chi connectivity index (χ0) is 25.4. The SMILES string of the molecule is O=C(O)N1CCC(=CC(=O)N2CCC([C@H]3c4ncc(Br)cc4CCc4cc(Cl)cc(Br)c43)CC2)CC1. The number of carboxylic acid groups (broad SMARTS) is 1. The second-order valence-electron chi connectivity index (χ2n) is 9.87. The molecule has 5 rings (SSSR count). The van der Waals surface area contributed by atoms with Crippen LogP contribution in [0.15, 0.2) is 45.0 Å². The van der Waals surface area contributed by atoms with Crippen LogP contribution in [0.4, 0.5) is 4.79 Å². The fourth-order valence-corrected chi connectivity index (χ4v) is 7.38. The Kier molecular flexibility index (Phi) is 7.75. The van der Waals surface area contributed by atoms with Gasteiger partial charge < -0.3 is 14.9 Å². The zero-order valence-electron chi connectivity index (χ0n) is 19.9. The summed E-state index contributed by atoms with van der Waals surface area (Å²) >= 11 is 13.8. The van der Waals surface area contributed by atoms with E-state index in [1.807, 2.05) is 17.2 Å². The number of halogens is 3. The maximum atomic E-state index is 13.0. The lowest BCUT2D eigenvalue weighted by Gasteiger charge is -2.37. The van der Waals surface area contributed by atoms with Gasteiger partial charge in [0.05, 0.1) is 5.69 Å². The molecule has 2 aromatic rings. The van der Waals surface area contributed by atoms with Crippen molar-refractivity contribution in [3.05, 3.63) is 72.4 Å². The van der Waals surface area contributed by atoms with Crippen LogP contribution in [0.1, 0.15) is 54.0 Å². The molecule has 2 saturated heterocycles. The Morgan fingerprint density at radius 3 is 2.36 bits per heavy atom. The smallest absolute Gasteiger partial charge is 0.407 e. The number of benzene rings is 1. The second kappa shape index (κ2) is 10.8. The minimum absolute atomic E-state index is 0.0453. The van der Waals surface area contributed by atoms with E-state index in [1.165, 1.54) is 21.6 Å². The first-order chi connectivity index (χ1) is 17.3. The summed E-state index contributed by atoms with van der Waals surface area (Å²) in [5, 5.41) is 9.88. The first kappa shape index (κ1) is 25.7. The van der Waals surface area contributed by atoms with Crippen LogP contribution in [-0.2, 0) is 17.6 Å². The molecule has 0 unspecified atom stereocenters. The predicted molar refractivity (Wildman–Crippen MR) is 147 cm³/mol. The standard InChI is InChI=1S/C27H28Br2ClN3O3/c28-20-12-19-2-1-18-13-21(30)14-22(29)24(18)25(26(19)31-15-20)17-5-9-32(10-6-17)23(34)11-16-3-7-33(8-4-16)27(35)36/h11-15,17,25H,1-10H2,(H,35,36)/t25-/m1/s1. The van der Waals surface area contributed by atoms with Gasteiger partial charge in [0.1, 0.15) is 0 Å². The molecule has 36 heavy (non-hydrogen) atoms. The van der Waals surface area contributed by atoms with Gasteiger partial charge in [-0.05, 0) is 95.3 Å². The van der Waals surface area contributed by atoms with Gasteiger partial charge in [-0.15, -0.1) is 0 Å². The van der Waals surface area contributed by atoms with E-state index in [2.05, 4.69) is 44.0 Å². The molecule has 0 saturated carbocycles. The van der Waals surface area contributed by atoms with Crippen LogP contribution in [0.3, 0.4) is 0 Å². The van der Waals surface area contributed by atoms with Gasteiger partial charge >= 0.3 is 6.09 Å². The molecule has 1 aliphatic carbocycles. The molecule has 0 spiro atoms. The Morgan fingerprint density at radius 1 is 0.972 bits per heavy atom. The van der Waals surface area contributed by atoms with Crippen LogP contribution < -0.4 is 0 Å². The van der Waals surface area contributed by atoms with E-state index in [9.17, 15) is 9.59 Å². The molecule has 2 amide bonds. The third-order valence-corrected chi connectivity index (χ3v) is 9.05. The number of rotatable bonds is 2. The fraction of sp³-hybridized carbons (Fsp3) is 0.444. The summed E-state index contributed by atoms with van der Waals surface area (Å²) in [6, 6.07) is 6.27. The number of pyridine rings is 1. The van der Waals surface area contributed by atoms with E-state index in [4.69, 9.17) is 21.7 Å². The average Bonchev–Trinajstić information content (AvgIpc) is 3.01. The molecule has 1 atom stereocenters. The van der Waals surface area contributed by atoms with Gasteiger partial charge in [0.25, 0.3) is 0 Å². The van der Waals surface area contributed by atoms with Crippen molar-refractivity contribution in [2.24, 2.45) is 5.92 Å². The highest BCUT2D eigenvalue weighted by molar-refractivity contribution is 9.10. The molecule has 0 radical (unpaired) electrons. The molecule has 9 heteroatoms. The molecule has 2 fully saturated rings. The number of amides is 2.